The molecule has 0 spiro atoms. The second-order valence-electron chi connectivity index (χ2n) is 4.99. The minimum Gasteiger partial charge on any atom is -0.309 e. The quantitative estimate of drug-likeness (QED) is 0.836. The summed E-state index contributed by atoms with van der Waals surface area (Å²) >= 11 is 1.85. The fourth-order valence-electron chi connectivity index (χ4n) is 2.62. The van der Waals surface area contributed by atoms with Crippen LogP contribution in [0, 0.1) is 11.6 Å². The molecule has 19 heavy (non-hydrogen) atoms. The molecule has 0 saturated heterocycles. The van der Waals surface area contributed by atoms with Crippen molar-refractivity contribution in [1.29, 1.82) is 0 Å². The molecule has 1 fully saturated rings. The Hall–Kier alpha value is -0.610. The van der Waals surface area contributed by atoms with Gasteiger partial charge in [0.05, 0.1) is 0 Å². The van der Waals surface area contributed by atoms with E-state index >= 15 is 0 Å². The smallest absolute Gasteiger partial charge is 0.130 e. The predicted molar refractivity (Wildman–Crippen MR) is 77.5 cm³/mol. The molecule has 1 N–H and O–H groups in total. The summed E-state index contributed by atoms with van der Waals surface area (Å²) in [5, 5.41) is 3.87. The SMILES string of the molecule is CCNC(CSC1CCCC1)c1c(F)cccc1F. The zero-order valence-electron chi connectivity index (χ0n) is 11.3. The molecule has 0 aromatic heterocycles. The highest BCUT2D eigenvalue weighted by Gasteiger charge is 2.22. The molecule has 0 bridgehead atoms. The van der Waals surface area contributed by atoms with Gasteiger partial charge in [0.15, 0.2) is 0 Å². The molecule has 4 heteroatoms. The predicted octanol–water partition coefficient (Wildman–Crippen LogP) is 4.29. The van der Waals surface area contributed by atoms with Crippen molar-refractivity contribution < 1.29 is 8.78 Å². The maximum Gasteiger partial charge on any atom is 0.130 e. The van der Waals surface area contributed by atoms with Gasteiger partial charge >= 0.3 is 0 Å². The molecular formula is C15H21F2NS. The van der Waals surface area contributed by atoms with Gasteiger partial charge in [-0.05, 0) is 31.5 Å². The number of halogens is 2. The third-order valence-electron chi connectivity index (χ3n) is 3.60. The molecule has 1 saturated carbocycles. The van der Waals surface area contributed by atoms with Crippen molar-refractivity contribution in [1.82, 2.24) is 5.32 Å². The van der Waals surface area contributed by atoms with Gasteiger partial charge in [-0.1, -0.05) is 25.8 Å². The number of hydrogen-bond acceptors (Lipinski definition) is 2. The molecule has 106 valence electrons. The van der Waals surface area contributed by atoms with E-state index in [1.807, 2.05) is 18.7 Å². The third kappa shape index (κ3) is 3.93. The van der Waals surface area contributed by atoms with E-state index in [9.17, 15) is 8.78 Å². The molecule has 1 aliphatic rings. The molecule has 0 amide bonds. The van der Waals surface area contributed by atoms with E-state index in [0.29, 0.717) is 11.8 Å². The van der Waals surface area contributed by atoms with Crippen molar-refractivity contribution in [2.75, 3.05) is 12.3 Å². The van der Waals surface area contributed by atoms with Crippen molar-refractivity contribution in [2.45, 2.75) is 43.9 Å². The molecule has 0 aliphatic heterocycles. The average Bonchev–Trinajstić information content (AvgIpc) is 2.88. The van der Waals surface area contributed by atoms with Crippen LogP contribution in [0.4, 0.5) is 8.78 Å². The van der Waals surface area contributed by atoms with Gasteiger partial charge in [-0.2, -0.15) is 11.8 Å². The van der Waals surface area contributed by atoms with E-state index in [2.05, 4.69) is 5.32 Å². The van der Waals surface area contributed by atoms with Crippen LogP contribution >= 0.6 is 11.8 Å². The van der Waals surface area contributed by atoms with Gasteiger partial charge in [-0.3, -0.25) is 0 Å². The van der Waals surface area contributed by atoms with Gasteiger partial charge in [0, 0.05) is 22.6 Å². The molecule has 1 aliphatic carbocycles. The highest BCUT2D eigenvalue weighted by atomic mass is 32.2. The second kappa shape index (κ2) is 7.25. The molecule has 1 aromatic carbocycles. The van der Waals surface area contributed by atoms with Crippen LogP contribution in [0.2, 0.25) is 0 Å². The van der Waals surface area contributed by atoms with Crippen molar-refractivity contribution >= 4 is 11.8 Å². The number of rotatable bonds is 6. The number of nitrogens with one attached hydrogen (secondary N) is 1. The van der Waals surface area contributed by atoms with Gasteiger partial charge < -0.3 is 5.32 Å². The van der Waals surface area contributed by atoms with E-state index in [1.54, 1.807) is 0 Å². The Morgan fingerprint density at radius 2 is 1.89 bits per heavy atom. The Bertz CT molecular complexity index is 385. The molecule has 1 aromatic rings. The summed E-state index contributed by atoms with van der Waals surface area (Å²) in [7, 11) is 0. The maximum absolute atomic E-state index is 13.8. The van der Waals surface area contributed by atoms with Crippen molar-refractivity contribution in [3.63, 3.8) is 0 Å². The van der Waals surface area contributed by atoms with E-state index in [0.717, 1.165) is 5.75 Å². The van der Waals surface area contributed by atoms with Gasteiger partial charge in [-0.25, -0.2) is 8.78 Å². The fourth-order valence-corrected chi connectivity index (χ4v) is 4.04. The molecular weight excluding hydrogens is 264 g/mol. The standard InChI is InChI=1S/C15H21F2NS/c1-2-18-14(10-19-11-6-3-4-7-11)15-12(16)8-5-9-13(15)17/h5,8-9,11,14,18H,2-4,6-7,10H2,1H3. The molecule has 2 rings (SSSR count). The zero-order chi connectivity index (χ0) is 13.7. The maximum atomic E-state index is 13.8. The van der Waals surface area contributed by atoms with Crippen LogP contribution < -0.4 is 5.32 Å². The third-order valence-corrected chi connectivity index (χ3v) is 5.07. The second-order valence-corrected chi connectivity index (χ2v) is 6.32. The first-order valence-electron chi connectivity index (χ1n) is 7.01. The van der Waals surface area contributed by atoms with Crippen LogP contribution in [0.5, 0.6) is 0 Å². The lowest BCUT2D eigenvalue weighted by molar-refractivity contribution is 0.499. The Kier molecular flexibility index (Phi) is 5.64. The van der Waals surface area contributed by atoms with Crippen LogP contribution in [0.1, 0.15) is 44.2 Å². The lowest BCUT2D eigenvalue weighted by atomic mass is 10.1. The van der Waals surface area contributed by atoms with E-state index in [4.69, 9.17) is 0 Å². The van der Waals surface area contributed by atoms with Crippen LogP contribution in [-0.2, 0) is 0 Å². The van der Waals surface area contributed by atoms with E-state index in [1.165, 1.54) is 43.9 Å². The summed E-state index contributed by atoms with van der Waals surface area (Å²) in [5.74, 6) is -0.160. The summed E-state index contributed by atoms with van der Waals surface area (Å²) < 4.78 is 27.7. The van der Waals surface area contributed by atoms with Crippen molar-refractivity contribution in [3.05, 3.63) is 35.4 Å². The summed E-state index contributed by atoms with van der Waals surface area (Å²) in [5.41, 5.74) is 0.190. The lowest BCUT2D eigenvalue weighted by Crippen LogP contribution is -2.25. The van der Waals surface area contributed by atoms with Crippen molar-refractivity contribution in [2.24, 2.45) is 0 Å². The van der Waals surface area contributed by atoms with Gasteiger partial charge in [-0.15, -0.1) is 0 Å². The molecule has 1 nitrogen and oxygen atoms in total. The number of benzene rings is 1. The Morgan fingerprint density at radius 3 is 2.47 bits per heavy atom. The first-order chi connectivity index (χ1) is 9.22. The first-order valence-corrected chi connectivity index (χ1v) is 8.06. The topological polar surface area (TPSA) is 12.0 Å². The highest BCUT2D eigenvalue weighted by Crippen LogP contribution is 2.33. The summed E-state index contributed by atoms with van der Waals surface area (Å²) in [4.78, 5) is 0. The fraction of sp³-hybridized carbons (Fsp3) is 0.600. The van der Waals surface area contributed by atoms with E-state index < -0.39 is 11.6 Å². The molecule has 1 atom stereocenters. The lowest BCUT2D eigenvalue weighted by Gasteiger charge is -2.21. The van der Waals surface area contributed by atoms with Crippen LogP contribution in [0.15, 0.2) is 18.2 Å². The Labute approximate surface area is 118 Å². The minimum atomic E-state index is -0.446. The summed E-state index contributed by atoms with van der Waals surface area (Å²) in [6.07, 6.45) is 5.06. The van der Waals surface area contributed by atoms with Gasteiger partial charge in [0.25, 0.3) is 0 Å². The summed E-state index contributed by atoms with van der Waals surface area (Å²) in [6, 6.07) is 3.85. The number of thioether (sulfide) groups is 1. The molecule has 0 radical (unpaired) electrons. The van der Waals surface area contributed by atoms with Crippen LogP contribution in [0.3, 0.4) is 0 Å². The summed E-state index contributed by atoms with van der Waals surface area (Å²) in [6.45, 7) is 2.68. The van der Waals surface area contributed by atoms with Crippen molar-refractivity contribution in [3.8, 4) is 0 Å². The zero-order valence-corrected chi connectivity index (χ0v) is 12.1. The van der Waals surface area contributed by atoms with Gasteiger partial charge in [0.1, 0.15) is 11.6 Å². The Morgan fingerprint density at radius 1 is 1.26 bits per heavy atom. The average molecular weight is 285 g/mol. The Balaban J connectivity index is 2.05. The largest absolute Gasteiger partial charge is 0.309 e. The first kappa shape index (κ1) is 14.8. The van der Waals surface area contributed by atoms with Crippen LogP contribution in [0.25, 0.3) is 0 Å². The minimum absolute atomic E-state index is 0.190. The van der Waals surface area contributed by atoms with Crippen LogP contribution in [-0.4, -0.2) is 17.5 Å². The van der Waals surface area contributed by atoms with Gasteiger partial charge in [0.2, 0.25) is 0 Å². The normalized spacial score (nSPS) is 17.8. The molecule has 0 heterocycles. The highest BCUT2D eigenvalue weighted by molar-refractivity contribution is 7.99. The number of hydrogen-bond donors (Lipinski definition) is 1. The van der Waals surface area contributed by atoms with E-state index in [-0.39, 0.29) is 11.6 Å². The monoisotopic (exact) mass is 285 g/mol. The molecule has 1 unspecified atom stereocenters.